The van der Waals surface area contributed by atoms with Crippen molar-refractivity contribution >= 4 is 12.1 Å². The predicted octanol–water partition coefficient (Wildman–Crippen LogP) is -1.10. The number of aromatic nitrogens is 4. The van der Waals surface area contributed by atoms with Crippen LogP contribution < -0.4 is 0 Å². The molecule has 0 atom stereocenters. The third-order valence-corrected chi connectivity index (χ3v) is 0.776. The first kappa shape index (κ1) is 7.12. The number of hydrogen-bond donors (Lipinski definition) is 2. The second-order valence-electron chi connectivity index (χ2n) is 1.49. The SMILES string of the molecule is O=C(O)c1nnn(C(=O)O)n1. The van der Waals surface area contributed by atoms with E-state index in [-0.39, 0.29) is 4.80 Å². The highest BCUT2D eigenvalue weighted by Gasteiger charge is 2.13. The van der Waals surface area contributed by atoms with E-state index in [0.717, 1.165) is 0 Å². The lowest BCUT2D eigenvalue weighted by molar-refractivity contribution is 0.0683. The van der Waals surface area contributed by atoms with Gasteiger partial charge in [-0.2, -0.15) is 0 Å². The van der Waals surface area contributed by atoms with Crippen molar-refractivity contribution < 1.29 is 19.8 Å². The van der Waals surface area contributed by atoms with Gasteiger partial charge in [-0.25, -0.2) is 9.59 Å². The van der Waals surface area contributed by atoms with Crippen molar-refractivity contribution in [1.29, 1.82) is 0 Å². The molecule has 0 aliphatic rings. The molecule has 0 amide bonds. The van der Waals surface area contributed by atoms with Crippen LogP contribution in [0.4, 0.5) is 4.79 Å². The third kappa shape index (κ3) is 1.28. The maximum absolute atomic E-state index is 10.1. The highest BCUT2D eigenvalue weighted by Crippen LogP contribution is 1.84. The molecule has 0 aromatic carbocycles. The van der Waals surface area contributed by atoms with E-state index < -0.39 is 17.9 Å². The summed E-state index contributed by atoms with van der Waals surface area (Å²) in [6, 6.07) is 0. The average molecular weight is 158 g/mol. The summed E-state index contributed by atoms with van der Waals surface area (Å²) in [6.07, 6.45) is -1.48. The highest BCUT2D eigenvalue weighted by atomic mass is 16.4. The molecule has 1 aromatic heterocycles. The molecular weight excluding hydrogens is 156 g/mol. The molecule has 8 nitrogen and oxygen atoms in total. The highest BCUT2D eigenvalue weighted by molar-refractivity contribution is 5.83. The quantitative estimate of drug-likeness (QED) is 0.532. The molecule has 58 valence electrons. The Labute approximate surface area is 59.1 Å². The Morgan fingerprint density at radius 1 is 1.36 bits per heavy atom. The molecule has 0 unspecified atom stereocenters. The number of nitrogens with zero attached hydrogens (tertiary/aromatic N) is 4. The molecule has 8 heteroatoms. The monoisotopic (exact) mass is 158 g/mol. The van der Waals surface area contributed by atoms with Crippen LogP contribution in [0.2, 0.25) is 0 Å². The van der Waals surface area contributed by atoms with E-state index in [9.17, 15) is 9.59 Å². The fraction of sp³-hybridized carbons (Fsp3) is 0. The van der Waals surface area contributed by atoms with Gasteiger partial charge in [0.15, 0.2) is 0 Å². The Morgan fingerprint density at radius 2 is 2.00 bits per heavy atom. The summed E-state index contributed by atoms with van der Waals surface area (Å²) in [5.41, 5.74) is 0. The van der Waals surface area contributed by atoms with Crippen LogP contribution in [-0.2, 0) is 0 Å². The number of carbonyl (C=O) groups is 2. The van der Waals surface area contributed by atoms with Crippen LogP contribution in [0.25, 0.3) is 0 Å². The van der Waals surface area contributed by atoms with Crippen LogP contribution in [-0.4, -0.2) is 42.5 Å². The molecule has 0 bridgehead atoms. The van der Waals surface area contributed by atoms with E-state index in [2.05, 4.69) is 15.4 Å². The molecule has 0 aliphatic carbocycles. The summed E-state index contributed by atoms with van der Waals surface area (Å²) < 4.78 is 0. The van der Waals surface area contributed by atoms with Crippen LogP contribution in [0.15, 0.2) is 0 Å². The largest absolute Gasteiger partial charge is 0.475 e. The summed E-state index contributed by atoms with van der Waals surface area (Å²) in [7, 11) is 0. The maximum Gasteiger partial charge on any atom is 0.451 e. The summed E-state index contributed by atoms with van der Waals surface area (Å²) >= 11 is 0. The summed E-state index contributed by atoms with van der Waals surface area (Å²) in [4.78, 5) is 20.3. The molecule has 0 saturated carbocycles. The van der Waals surface area contributed by atoms with Gasteiger partial charge < -0.3 is 10.2 Å². The second kappa shape index (κ2) is 2.33. The summed E-state index contributed by atoms with van der Waals surface area (Å²) in [5.74, 6) is -2.06. The Hall–Kier alpha value is -1.99. The van der Waals surface area contributed by atoms with Gasteiger partial charge in [-0.15, -0.1) is 10.2 Å². The van der Waals surface area contributed by atoms with Gasteiger partial charge >= 0.3 is 12.1 Å². The molecule has 1 heterocycles. The number of carboxylic acids is 1. The van der Waals surface area contributed by atoms with Gasteiger partial charge in [0.05, 0.1) is 0 Å². The lowest BCUT2D eigenvalue weighted by Gasteiger charge is -1.82. The molecule has 0 radical (unpaired) electrons. The number of rotatable bonds is 1. The van der Waals surface area contributed by atoms with Crippen molar-refractivity contribution in [2.45, 2.75) is 0 Å². The predicted molar refractivity (Wildman–Crippen MR) is 28.2 cm³/mol. The Morgan fingerprint density at radius 3 is 2.27 bits per heavy atom. The lowest BCUT2D eigenvalue weighted by Crippen LogP contribution is -2.12. The zero-order valence-electron chi connectivity index (χ0n) is 5.00. The smallest absolute Gasteiger partial charge is 0.451 e. The van der Waals surface area contributed by atoms with Crippen LogP contribution in [0.5, 0.6) is 0 Å². The Balaban J connectivity index is 2.99. The molecule has 2 N–H and O–H groups in total. The summed E-state index contributed by atoms with van der Waals surface area (Å²) in [5, 5.41) is 25.3. The first-order chi connectivity index (χ1) is 5.11. The van der Waals surface area contributed by atoms with Gasteiger partial charge in [0.1, 0.15) is 0 Å². The second-order valence-corrected chi connectivity index (χ2v) is 1.49. The zero-order chi connectivity index (χ0) is 8.43. The van der Waals surface area contributed by atoms with E-state index >= 15 is 0 Å². The van der Waals surface area contributed by atoms with Crippen molar-refractivity contribution in [3.05, 3.63) is 5.82 Å². The van der Waals surface area contributed by atoms with Crippen LogP contribution in [0.1, 0.15) is 10.6 Å². The van der Waals surface area contributed by atoms with Crippen molar-refractivity contribution in [2.24, 2.45) is 0 Å². The number of aromatic carboxylic acids is 1. The van der Waals surface area contributed by atoms with E-state index in [1.54, 1.807) is 0 Å². The number of carboxylic acid groups (broad SMARTS) is 2. The van der Waals surface area contributed by atoms with Crippen LogP contribution in [0, 0.1) is 0 Å². The normalized spacial score (nSPS) is 9.45. The van der Waals surface area contributed by atoms with E-state index in [0.29, 0.717) is 0 Å². The minimum atomic E-state index is -1.48. The van der Waals surface area contributed by atoms with Gasteiger partial charge in [-0.1, -0.05) is 4.80 Å². The zero-order valence-corrected chi connectivity index (χ0v) is 5.00. The lowest BCUT2D eigenvalue weighted by atomic mass is 10.7. The molecule has 1 rings (SSSR count). The standard InChI is InChI=1S/C3H2N4O4/c8-2(9)1-4-6-7(5-1)3(10)11/h(H,8,9)(H,10,11). The first-order valence-corrected chi connectivity index (χ1v) is 2.38. The molecular formula is C3H2N4O4. The molecule has 1 aromatic rings. The maximum atomic E-state index is 10.1. The van der Waals surface area contributed by atoms with Gasteiger partial charge in [0.2, 0.25) is 0 Å². The Kier molecular flexibility index (Phi) is 1.51. The summed E-state index contributed by atoms with van der Waals surface area (Å²) in [6.45, 7) is 0. The fourth-order valence-electron chi connectivity index (χ4n) is 0.381. The van der Waals surface area contributed by atoms with E-state index in [1.807, 2.05) is 0 Å². The Bertz CT molecular complexity index is 276. The van der Waals surface area contributed by atoms with Gasteiger partial charge in [-0.3, -0.25) is 0 Å². The van der Waals surface area contributed by atoms with Crippen molar-refractivity contribution in [3.8, 4) is 0 Å². The number of tetrazole rings is 1. The van der Waals surface area contributed by atoms with E-state index in [1.165, 1.54) is 0 Å². The van der Waals surface area contributed by atoms with Crippen LogP contribution in [0.3, 0.4) is 0 Å². The minimum absolute atomic E-state index is 0.170. The first-order valence-electron chi connectivity index (χ1n) is 2.38. The van der Waals surface area contributed by atoms with Crippen molar-refractivity contribution in [3.63, 3.8) is 0 Å². The molecule has 0 saturated heterocycles. The number of hydrogen-bond acceptors (Lipinski definition) is 5. The van der Waals surface area contributed by atoms with Gasteiger partial charge in [-0.05, 0) is 5.21 Å². The van der Waals surface area contributed by atoms with Gasteiger partial charge in [0.25, 0.3) is 5.82 Å². The van der Waals surface area contributed by atoms with Crippen LogP contribution >= 0.6 is 0 Å². The van der Waals surface area contributed by atoms with Crippen molar-refractivity contribution in [2.75, 3.05) is 0 Å². The molecule has 0 spiro atoms. The average Bonchev–Trinajstić information content (AvgIpc) is 2.33. The minimum Gasteiger partial charge on any atom is -0.475 e. The molecule has 0 fully saturated rings. The van der Waals surface area contributed by atoms with Gasteiger partial charge in [0, 0.05) is 0 Å². The molecule has 0 aliphatic heterocycles. The van der Waals surface area contributed by atoms with Crippen molar-refractivity contribution in [1.82, 2.24) is 20.2 Å². The van der Waals surface area contributed by atoms with E-state index in [4.69, 9.17) is 10.2 Å². The topological polar surface area (TPSA) is 118 Å². The fourth-order valence-corrected chi connectivity index (χ4v) is 0.381. The third-order valence-electron chi connectivity index (χ3n) is 0.776. The molecule has 11 heavy (non-hydrogen) atoms.